The minimum absolute atomic E-state index is 0.193. The summed E-state index contributed by atoms with van der Waals surface area (Å²) >= 11 is 1.17. The van der Waals surface area contributed by atoms with E-state index in [0.717, 1.165) is 23.4 Å². The van der Waals surface area contributed by atoms with Crippen LogP contribution in [0.3, 0.4) is 0 Å². The third kappa shape index (κ3) is 1.80. The standard InChI is InChI=1S/C10H10N6OS/c1-5-2-3-6-8(16-18-15-6)7(5)13-10(17)9-11-4-12-14-9/h2,4,7H,3H2,1H3,(H,13,17)(H,11,12,14). The first-order valence-corrected chi connectivity index (χ1v) is 6.13. The number of fused-ring (bicyclic) bond motifs is 1. The molecule has 2 N–H and O–H groups in total. The summed E-state index contributed by atoms with van der Waals surface area (Å²) in [5, 5.41) is 9.06. The highest BCUT2D eigenvalue weighted by Crippen LogP contribution is 2.28. The minimum atomic E-state index is -0.300. The molecule has 0 saturated carbocycles. The lowest BCUT2D eigenvalue weighted by Gasteiger charge is -2.21. The summed E-state index contributed by atoms with van der Waals surface area (Å²) in [5.41, 5.74) is 2.81. The van der Waals surface area contributed by atoms with Gasteiger partial charge in [0.05, 0.1) is 23.5 Å². The van der Waals surface area contributed by atoms with Gasteiger partial charge in [0, 0.05) is 6.42 Å². The molecule has 3 rings (SSSR count). The molecule has 1 aliphatic carbocycles. The van der Waals surface area contributed by atoms with Crippen molar-refractivity contribution in [3.63, 3.8) is 0 Å². The summed E-state index contributed by atoms with van der Waals surface area (Å²) in [6, 6.07) is -0.231. The Bertz CT molecular complexity index is 602. The molecule has 2 heterocycles. The van der Waals surface area contributed by atoms with Crippen molar-refractivity contribution in [1.29, 1.82) is 0 Å². The molecule has 2 aromatic heterocycles. The zero-order valence-electron chi connectivity index (χ0n) is 9.54. The Labute approximate surface area is 107 Å². The number of rotatable bonds is 2. The van der Waals surface area contributed by atoms with Crippen molar-refractivity contribution in [2.75, 3.05) is 0 Å². The Balaban J connectivity index is 1.86. The van der Waals surface area contributed by atoms with Crippen molar-refractivity contribution in [3.8, 4) is 0 Å². The number of aromatic amines is 1. The van der Waals surface area contributed by atoms with Crippen LogP contribution >= 0.6 is 11.7 Å². The van der Waals surface area contributed by atoms with Crippen molar-refractivity contribution in [2.24, 2.45) is 0 Å². The first-order chi connectivity index (χ1) is 8.75. The van der Waals surface area contributed by atoms with Gasteiger partial charge in [0.2, 0.25) is 5.82 Å². The Hall–Kier alpha value is -2.09. The Morgan fingerprint density at radius 2 is 2.44 bits per heavy atom. The van der Waals surface area contributed by atoms with Crippen molar-refractivity contribution >= 4 is 17.6 Å². The average molecular weight is 262 g/mol. The van der Waals surface area contributed by atoms with Gasteiger partial charge in [-0.2, -0.15) is 13.8 Å². The van der Waals surface area contributed by atoms with E-state index in [2.05, 4.69) is 35.3 Å². The average Bonchev–Trinajstić information content (AvgIpc) is 3.02. The second-order valence-electron chi connectivity index (χ2n) is 3.99. The number of hydrogen-bond donors (Lipinski definition) is 2. The fourth-order valence-corrected chi connectivity index (χ4v) is 2.47. The van der Waals surface area contributed by atoms with Crippen LogP contribution in [0.25, 0.3) is 0 Å². The summed E-state index contributed by atoms with van der Waals surface area (Å²) < 4.78 is 8.46. The molecule has 8 heteroatoms. The van der Waals surface area contributed by atoms with Gasteiger partial charge in [0.1, 0.15) is 12.0 Å². The number of nitrogens with one attached hydrogen (secondary N) is 2. The van der Waals surface area contributed by atoms with E-state index in [4.69, 9.17) is 0 Å². The van der Waals surface area contributed by atoms with E-state index in [1.165, 1.54) is 18.1 Å². The van der Waals surface area contributed by atoms with Crippen LogP contribution < -0.4 is 5.32 Å². The smallest absolute Gasteiger partial charge is 0.289 e. The van der Waals surface area contributed by atoms with Gasteiger partial charge in [-0.1, -0.05) is 6.08 Å². The van der Waals surface area contributed by atoms with Crippen LogP contribution in [0, 0.1) is 0 Å². The van der Waals surface area contributed by atoms with Crippen LogP contribution in [-0.4, -0.2) is 29.8 Å². The van der Waals surface area contributed by atoms with Crippen LogP contribution in [0.5, 0.6) is 0 Å². The lowest BCUT2D eigenvalue weighted by atomic mass is 9.96. The number of hydrogen-bond acceptors (Lipinski definition) is 6. The Kier molecular flexibility index (Phi) is 2.63. The van der Waals surface area contributed by atoms with Gasteiger partial charge in [-0.15, -0.1) is 0 Å². The molecule has 1 unspecified atom stereocenters. The molecule has 0 radical (unpaired) electrons. The molecular formula is C10H10N6OS. The molecule has 2 aromatic rings. The number of amides is 1. The molecule has 1 amide bonds. The number of nitrogens with zero attached hydrogens (tertiary/aromatic N) is 4. The van der Waals surface area contributed by atoms with Gasteiger partial charge in [-0.05, 0) is 12.5 Å². The second kappa shape index (κ2) is 4.30. The zero-order valence-corrected chi connectivity index (χ0v) is 10.4. The highest BCUT2D eigenvalue weighted by molar-refractivity contribution is 6.99. The monoisotopic (exact) mass is 262 g/mol. The van der Waals surface area contributed by atoms with Gasteiger partial charge in [-0.25, -0.2) is 4.98 Å². The van der Waals surface area contributed by atoms with Crippen molar-refractivity contribution in [1.82, 2.24) is 29.2 Å². The zero-order chi connectivity index (χ0) is 12.5. The largest absolute Gasteiger partial charge is 0.337 e. The summed E-state index contributed by atoms with van der Waals surface area (Å²) in [6.45, 7) is 1.97. The molecule has 0 saturated heterocycles. The topological polar surface area (TPSA) is 96.5 Å². The third-order valence-corrected chi connectivity index (χ3v) is 3.42. The predicted octanol–water partition coefficient (Wildman–Crippen LogP) is 0.630. The quantitative estimate of drug-likeness (QED) is 0.774. The molecule has 7 nitrogen and oxygen atoms in total. The van der Waals surface area contributed by atoms with E-state index >= 15 is 0 Å². The van der Waals surface area contributed by atoms with Crippen molar-refractivity contribution in [2.45, 2.75) is 19.4 Å². The number of aromatic nitrogens is 5. The Morgan fingerprint density at radius 1 is 1.56 bits per heavy atom. The maximum absolute atomic E-state index is 11.9. The van der Waals surface area contributed by atoms with Crippen LogP contribution in [-0.2, 0) is 6.42 Å². The molecule has 1 aliphatic rings. The molecule has 0 bridgehead atoms. The molecule has 0 spiro atoms. The first kappa shape index (κ1) is 11.0. The maximum atomic E-state index is 11.9. The Morgan fingerprint density at radius 3 is 3.22 bits per heavy atom. The molecular weight excluding hydrogens is 252 g/mol. The van der Waals surface area contributed by atoms with Gasteiger partial charge < -0.3 is 5.32 Å². The molecule has 0 aliphatic heterocycles. The summed E-state index contributed by atoms with van der Waals surface area (Å²) in [6.07, 6.45) is 4.12. The molecule has 18 heavy (non-hydrogen) atoms. The van der Waals surface area contributed by atoms with E-state index in [0.29, 0.717) is 0 Å². The highest BCUT2D eigenvalue weighted by atomic mass is 32.1. The van der Waals surface area contributed by atoms with Gasteiger partial charge >= 0.3 is 0 Å². The van der Waals surface area contributed by atoms with E-state index in [1.807, 2.05) is 6.92 Å². The number of allylic oxidation sites excluding steroid dienone is 1. The summed E-state index contributed by atoms with van der Waals surface area (Å²) in [5.74, 6) is -0.107. The highest BCUT2D eigenvalue weighted by Gasteiger charge is 2.26. The van der Waals surface area contributed by atoms with Crippen LogP contribution in [0.4, 0.5) is 0 Å². The van der Waals surface area contributed by atoms with Crippen LogP contribution in [0.15, 0.2) is 18.0 Å². The lowest BCUT2D eigenvalue weighted by Crippen LogP contribution is -2.32. The summed E-state index contributed by atoms with van der Waals surface area (Å²) in [7, 11) is 0. The van der Waals surface area contributed by atoms with E-state index in [1.54, 1.807) is 0 Å². The lowest BCUT2D eigenvalue weighted by molar-refractivity contribution is 0.0931. The SMILES string of the molecule is CC1=CCc2nsnc2C1NC(=O)c1ncn[nH]1. The second-order valence-corrected chi connectivity index (χ2v) is 4.52. The minimum Gasteiger partial charge on any atom is -0.337 e. The third-order valence-electron chi connectivity index (χ3n) is 2.84. The van der Waals surface area contributed by atoms with Crippen molar-refractivity contribution < 1.29 is 4.79 Å². The van der Waals surface area contributed by atoms with Crippen LogP contribution in [0.1, 0.15) is 35.0 Å². The number of carbonyl (C=O) groups excluding carboxylic acids is 1. The number of carbonyl (C=O) groups is 1. The van der Waals surface area contributed by atoms with Gasteiger partial charge in [0.15, 0.2) is 0 Å². The van der Waals surface area contributed by atoms with Gasteiger partial charge in [0.25, 0.3) is 5.91 Å². The van der Waals surface area contributed by atoms with E-state index < -0.39 is 0 Å². The van der Waals surface area contributed by atoms with Gasteiger partial charge in [-0.3, -0.25) is 9.89 Å². The van der Waals surface area contributed by atoms with E-state index in [-0.39, 0.29) is 17.8 Å². The molecule has 0 aromatic carbocycles. The normalized spacial score (nSPS) is 18.1. The van der Waals surface area contributed by atoms with E-state index in [9.17, 15) is 4.79 Å². The summed E-state index contributed by atoms with van der Waals surface area (Å²) in [4.78, 5) is 15.8. The molecule has 92 valence electrons. The number of H-pyrrole nitrogens is 1. The molecule has 0 fully saturated rings. The van der Waals surface area contributed by atoms with Crippen LogP contribution in [0.2, 0.25) is 0 Å². The predicted molar refractivity (Wildman–Crippen MR) is 64.0 cm³/mol. The first-order valence-electron chi connectivity index (χ1n) is 5.40. The maximum Gasteiger partial charge on any atom is 0.289 e. The fraction of sp³-hybridized carbons (Fsp3) is 0.300. The van der Waals surface area contributed by atoms with Crippen molar-refractivity contribution in [3.05, 3.63) is 35.2 Å². The molecule has 1 atom stereocenters. The fourth-order valence-electron chi connectivity index (χ4n) is 1.86.